The molecule has 0 unspecified atom stereocenters. The van der Waals surface area contributed by atoms with E-state index in [1.54, 1.807) is 7.05 Å². The summed E-state index contributed by atoms with van der Waals surface area (Å²) < 4.78 is 25.4. The van der Waals surface area contributed by atoms with E-state index in [1.165, 1.54) is 0 Å². The molecule has 0 bridgehead atoms. The number of nitrogen functional groups attached to an aromatic ring is 1. The summed E-state index contributed by atoms with van der Waals surface area (Å²) in [5, 5.41) is 2.90. The summed E-state index contributed by atoms with van der Waals surface area (Å²) >= 11 is 0. The van der Waals surface area contributed by atoms with Crippen molar-refractivity contribution in [3.05, 3.63) is 29.3 Å². The Morgan fingerprint density at radius 3 is 2.38 bits per heavy atom. The van der Waals surface area contributed by atoms with E-state index in [4.69, 9.17) is 5.73 Å². The maximum atomic E-state index is 12.8. The summed E-state index contributed by atoms with van der Waals surface area (Å²) in [4.78, 5) is 0. The quantitative estimate of drug-likeness (QED) is 0.691. The second kappa shape index (κ2) is 3.70. The minimum Gasteiger partial charge on any atom is -0.398 e. The number of benzene rings is 1. The van der Waals surface area contributed by atoms with Gasteiger partial charge in [0.1, 0.15) is 0 Å². The lowest BCUT2D eigenvalue weighted by molar-refractivity contribution is 0.504. The molecule has 1 aromatic rings. The van der Waals surface area contributed by atoms with Crippen LogP contribution in [0, 0.1) is 11.6 Å². The first-order valence-corrected chi connectivity index (χ1v) is 3.98. The number of hydrogen-bond acceptors (Lipinski definition) is 2. The normalized spacial score (nSPS) is 12.9. The van der Waals surface area contributed by atoms with Gasteiger partial charge >= 0.3 is 0 Å². The minimum absolute atomic E-state index is 0.0879. The second-order valence-corrected chi connectivity index (χ2v) is 2.91. The van der Waals surface area contributed by atoms with E-state index in [9.17, 15) is 8.78 Å². The molecule has 0 aliphatic carbocycles. The molecule has 0 saturated carbocycles. The van der Waals surface area contributed by atoms with Crippen molar-refractivity contribution in [1.29, 1.82) is 0 Å². The van der Waals surface area contributed by atoms with Crippen molar-refractivity contribution in [1.82, 2.24) is 5.32 Å². The van der Waals surface area contributed by atoms with Crippen LogP contribution in [0.1, 0.15) is 18.5 Å². The van der Waals surface area contributed by atoms with Gasteiger partial charge in [0.25, 0.3) is 0 Å². The van der Waals surface area contributed by atoms with Crippen molar-refractivity contribution in [3.8, 4) is 0 Å². The predicted octanol–water partition coefficient (Wildman–Crippen LogP) is 1.83. The van der Waals surface area contributed by atoms with Crippen LogP contribution in [0.25, 0.3) is 0 Å². The molecule has 0 aliphatic heterocycles. The zero-order chi connectivity index (χ0) is 10.0. The van der Waals surface area contributed by atoms with E-state index in [1.807, 2.05) is 6.92 Å². The third-order valence-electron chi connectivity index (χ3n) is 2.03. The van der Waals surface area contributed by atoms with Gasteiger partial charge in [-0.1, -0.05) is 0 Å². The number of nitrogens with one attached hydrogen (secondary N) is 1. The van der Waals surface area contributed by atoms with Gasteiger partial charge in [-0.2, -0.15) is 0 Å². The van der Waals surface area contributed by atoms with Gasteiger partial charge in [-0.3, -0.25) is 0 Å². The fourth-order valence-electron chi connectivity index (χ4n) is 1.11. The third-order valence-corrected chi connectivity index (χ3v) is 2.03. The van der Waals surface area contributed by atoms with E-state index >= 15 is 0 Å². The van der Waals surface area contributed by atoms with Crippen molar-refractivity contribution in [2.24, 2.45) is 0 Å². The fourth-order valence-corrected chi connectivity index (χ4v) is 1.11. The summed E-state index contributed by atoms with van der Waals surface area (Å²) in [5.41, 5.74) is 6.36. The van der Waals surface area contributed by atoms with E-state index in [0.29, 0.717) is 5.56 Å². The SMILES string of the molecule is CN[C@@H](C)c1cc(F)c(F)cc1N. The first-order valence-electron chi connectivity index (χ1n) is 3.98. The third kappa shape index (κ3) is 1.95. The number of rotatable bonds is 2. The van der Waals surface area contributed by atoms with E-state index in [2.05, 4.69) is 5.32 Å². The lowest BCUT2D eigenvalue weighted by atomic mass is 10.1. The number of hydrogen-bond donors (Lipinski definition) is 2. The van der Waals surface area contributed by atoms with Gasteiger partial charge in [0, 0.05) is 17.8 Å². The average molecular weight is 186 g/mol. The van der Waals surface area contributed by atoms with Crippen LogP contribution in [-0.2, 0) is 0 Å². The lowest BCUT2D eigenvalue weighted by Crippen LogP contribution is -2.14. The Kier molecular flexibility index (Phi) is 2.83. The topological polar surface area (TPSA) is 38.0 Å². The lowest BCUT2D eigenvalue weighted by Gasteiger charge is -2.13. The van der Waals surface area contributed by atoms with E-state index < -0.39 is 11.6 Å². The van der Waals surface area contributed by atoms with Crippen LogP contribution < -0.4 is 11.1 Å². The molecule has 1 rings (SSSR count). The Morgan fingerprint density at radius 2 is 1.85 bits per heavy atom. The second-order valence-electron chi connectivity index (χ2n) is 2.91. The summed E-state index contributed by atoms with van der Waals surface area (Å²) in [5.74, 6) is -1.78. The monoisotopic (exact) mass is 186 g/mol. The maximum Gasteiger partial charge on any atom is 0.160 e. The van der Waals surface area contributed by atoms with Crippen molar-refractivity contribution < 1.29 is 8.78 Å². The summed E-state index contributed by atoms with van der Waals surface area (Å²) in [6.45, 7) is 1.82. The smallest absolute Gasteiger partial charge is 0.160 e. The Hall–Kier alpha value is -1.16. The number of nitrogens with two attached hydrogens (primary N) is 1. The van der Waals surface area contributed by atoms with Gasteiger partial charge in [-0.15, -0.1) is 0 Å². The highest BCUT2D eigenvalue weighted by atomic mass is 19.2. The molecule has 0 spiro atoms. The van der Waals surface area contributed by atoms with Gasteiger partial charge in [0.2, 0.25) is 0 Å². The molecule has 72 valence electrons. The molecule has 2 nitrogen and oxygen atoms in total. The molecule has 0 heterocycles. The van der Waals surface area contributed by atoms with Crippen LogP contribution in [0.15, 0.2) is 12.1 Å². The van der Waals surface area contributed by atoms with Crippen molar-refractivity contribution in [2.45, 2.75) is 13.0 Å². The molecule has 1 atom stereocenters. The average Bonchev–Trinajstić information content (AvgIpc) is 2.10. The van der Waals surface area contributed by atoms with Crippen molar-refractivity contribution in [2.75, 3.05) is 12.8 Å². The molecule has 0 aliphatic rings. The molecule has 0 fully saturated rings. The highest BCUT2D eigenvalue weighted by Gasteiger charge is 2.11. The molecule has 0 saturated heterocycles. The van der Waals surface area contributed by atoms with Crippen molar-refractivity contribution >= 4 is 5.69 Å². The Morgan fingerprint density at radius 1 is 1.31 bits per heavy atom. The van der Waals surface area contributed by atoms with Gasteiger partial charge in [0.05, 0.1) is 0 Å². The minimum atomic E-state index is -0.912. The maximum absolute atomic E-state index is 12.8. The molecule has 4 heteroatoms. The van der Waals surface area contributed by atoms with Crippen LogP contribution in [0.5, 0.6) is 0 Å². The van der Waals surface area contributed by atoms with E-state index in [0.717, 1.165) is 12.1 Å². The summed E-state index contributed by atoms with van der Waals surface area (Å²) in [6.07, 6.45) is 0. The first-order chi connectivity index (χ1) is 6.06. The molecular weight excluding hydrogens is 174 g/mol. The van der Waals surface area contributed by atoms with Gasteiger partial charge in [0.15, 0.2) is 11.6 Å². The Balaban J connectivity index is 3.15. The standard InChI is InChI=1S/C9H12F2N2/c1-5(13-2)6-3-7(10)8(11)4-9(6)12/h3-5,13H,12H2,1-2H3/t5-/m0/s1. The largest absolute Gasteiger partial charge is 0.398 e. The summed E-state index contributed by atoms with van der Waals surface area (Å²) in [6, 6.07) is 2.03. The molecule has 1 aromatic carbocycles. The number of halogens is 2. The van der Waals surface area contributed by atoms with Crippen LogP contribution in [-0.4, -0.2) is 7.05 Å². The number of anilines is 1. The zero-order valence-electron chi connectivity index (χ0n) is 7.57. The van der Waals surface area contributed by atoms with E-state index in [-0.39, 0.29) is 11.7 Å². The van der Waals surface area contributed by atoms with Crippen LogP contribution in [0.2, 0.25) is 0 Å². The first kappa shape index (κ1) is 9.92. The van der Waals surface area contributed by atoms with Gasteiger partial charge in [-0.25, -0.2) is 8.78 Å². The Labute approximate surface area is 75.7 Å². The molecule has 3 N–H and O–H groups in total. The fraction of sp³-hybridized carbons (Fsp3) is 0.333. The molecule has 13 heavy (non-hydrogen) atoms. The Bertz CT molecular complexity index is 313. The van der Waals surface area contributed by atoms with Crippen LogP contribution in [0.4, 0.5) is 14.5 Å². The predicted molar refractivity (Wildman–Crippen MR) is 48.2 cm³/mol. The van der Waals surface area contributed by atoms with Gasteiger partial charge in [-0.05, 0) is 25.6 Å². The van der Waals surface area contributed by atoms with Crippen LogP contribution in [0.3, 0.4) is 0 Å². The molecule has 0 radical (unpaired) electrons. The molecule has 0 amide bonds. The zero-order valence-corrected chi connectivity index (χ0v) is 7.57. The highest BCUT2D eigenvalue weighted by Crippen LogP contribution is 2.22. The van der Waals surface area contributed by atoms with Crippen molar-refractivity contribution in [3.63, 3.8) is 0 Å². The van der Waals surface area contributed by atoms with Gasteiger partial charge < -0.3 is 11.1 Å². The molecular formula is C9H12F2N2. The molecule has 0 aromatic heterocycles. The van der Waals surface area contributed by atoms with Crippen LogP contribution >= 0.6 is 0 Å². The highest BCUT2D eigenvalue weighted by molar-refractivity contribution is 5.48. The summed E-state index contributed by atoms with van der Waals surface area (Å²) in [7, 11) is 1.73.